The summed E-state index contributed by atoms with van der Waals surface area (Å²) in [5.74, 6) is 0.728. The fourth-order valence-corrected chi connectivity index (χ4v) is 3.02. The van der Waals surface area contributed by atoms with Crippen LogP contribution in [0.2, 0.25) is 5.02 Å². The van der Waals surface area contributed by atoms with Gasteiger partial charge in [0.05, 0.1) is 12.0 Å². The molecular weight excluding hydrogens is 362 g/mol. The standard InChI is InChI=1S/C18H14ClNO4S/c1-23-14-7-4-12(9-16-17(21)20-18(22)25-16)8-15(14)24-10-11-2-5-13(19)6-3-11/h2-9H,10H2,1H3,(H,20,21,22)/b16-9+. The van der Waals surface area contributed by atoms with Crippen molar-refractivity contribution in [3.05, 3.63) is 63.5 Å². The number of thioether (sulfide) groups is 1. The van der Waals surface area contributed by atoms with Crippen LogP contribution in [0.1, 0.15) is 11.1 Å². The van der Waals surface area contributed by atoms with Crippen LogP contribution in [-0.4, -0.2) is 18.3 Å². The smallest absolute Gasteiger partial charge is 0.290 e. The van der Waals surface area contributed by atoms with Gasteiger partial charge in [-0.1, -0.05) is 29.8 Å². The van der Waals surface area contributed by atoms with E-state index in [1.54, 1.807) is 43.5 Å². The summed E-state index contributed by atoms with van der Waals surface area (Å²) in [4.78, 5) is 23.2. The van der Waals surface area contributed by atoms with Crippen LogP contribution in [0.4, 0.5) is 4.79 Å². The lowest BCUT2D eigenvalue weighted by molar-refractivity contribution is -0.115. The fourth-order valence-electron chi connectivity index (χ4n) is 2.21. The first-order valence-corrected chi connectivity index (χ1v) is 8.55. The molecule has 0 saturated carbocycles. The Morgan fingerprint density at radius 1 is 1.12 bits per heavy atom. The normalized spacial score (nSPS) is 15.4. The molecule has 0 radical (unpaired) electrons. The molecule has 0 aliphatic carbocycles. The number of imide groups is 1. The van der Waals surface area contributed by atoms with Crippen LogP contribution in [0.3, 0.4) is 0 Å². The summed E-state index contributed by atoms with van der Waals surface area (Å²) in [6.07, 6.45) is 1.64. The summed E-state index contributed by atoms with van der Waals surface area (Å²) in [5.41, 5.74) is 1.70. The first kappa shape index (κ1) is 17.4. The maximum atomic E-state index is 11.6. The minimum Gasteiger partial charge on any atom is -0.493 e. The van der Waals surface area contributed by atoms with Crippen molar-refractivity contribution in [2.45, 2.75) is 6.61 Å². The highest BCUT2D eigenvalue weighted by Gasteiger charge is 2.25. The molecule has 1 heterocycles. The lowest BCUT2D eigenvalue weighted by Gasteiger charge is -2.12. The average molecular weight is 376 g/mol. The van der Waals surface area contributed by atoms with Crippen LogP contribution in [0.15, 0.2) is 47.4 Å². The Bertz CT molecular complexity index is 849. The number of halogens is 1. The number of methoxy groups -OCH3 is 1. The van der Waals surface area contributed by atoms with Gasteiger partial charge in [0.2, 0.25) is 0 Å². The molecule has 2 aromatic carbocycles. The van der Waals surface area contributed by atoms with E-state index in [0.717, 1.165) is 22.9 Å². The van der Waals surface area contributed by atoms with Crippen LogP contribution < -0.4 is 14.8 Å². The van der Waals surface area contributed by atoms with Gasteiger partial charge >= 0.3 is 0 Å². The van der Waals surface area contributed by atoms with Crippen LogP contribution in [-0.2, 0) is 11.4 Å². The van der Waals surface area contributed by atoms with Crippen molar-refractivity contribution in [3.63, 3.8) is 0 Å². The second-order valence-corrected chi connectivity index (χ2v) is 6.63. The number of hydrogen-bond donors (Lipinski definition) is 1. The van der Waals surface area contributed by atoms with Crippen LogP contribution in [0.5, 0.6) is 11.5 Å². The van der Waals surface area contributed by atoms with Crippen molar-refractivity contribution in [1.82, 2.24) is 5.32 Å². The molecule has 1 N–H and O–H groups in total. The molecule has 7 heteroatoms. The molecule has 128 valence electrons. The third-order valence-corrected chi connectivity index (χ3v) is 4.50. The van der Waals surface area contributed by atoms with Gasteiger partial charge in [-0.3, -0.25) is 14.9 Å². The number of hydrogen-bond acceptors (Lipinski definition) is 5. The Labute approximate surface area is 154 Å². The summed E-state index contributed by atoms with van der Waals surface area (Å²) in [5, 5.41) is 2.52. The monoisotopic (exact) mass is 375 g/mol. The van der Waals surface area contributed by atoms with E-state index in [-0.39, 0.29) is 5.24 Å². The average Bonchev–Trinajstić information content (AvgIpc) is 2.92. The van der Waals surface area contributed by atoms with E-state index in [1.165, 1.54) is 0 Å². The van der Waals surface area contributed by atoms with E-state index in [2.05, 4.69) is 5.32 Å². The minimum atomic E-state index is -0.394. The van der Waals surface area contributed by atoms with E-state index >= 15 is 0 Å². The molecule has 0 bridgehead atoms. The van der Waals surface area contributed by atoms with Gasteiger partial charge in [0.25, 0.3) is 11.1 Å². The Morgan fingerprint density at radius 2 is 1.88 bits per heavy atom. The zero-order chi connectivity index (χ0) is 17.8. The van der Waals surface area contributed by atoms with Crippen molar-refractivity contribution in [2.24, 2.45) is 0 Å². The maximum absolute atomic E-state index is 11.6. The van der Waals surface area contributed by atoms with Gasteiger partial charge in [0, 0.05) is 5.02 Å². The topological polar surface area (TPSA) is 64.6 Å². The molecule has 25 heavy (non-hydrogen) atoms. The van der Waals surface area contributed by atoms with E-state index in [9.17, 15) is 9.59 Å². The van der Waals surface area contributed by atoms with Gasteiger partial charge in [0.15, 0.2) is 11.5 Å². The number of carbonyl (C=O) groups excluding carboxylic acids is 2. The zero-order valence-corrected chi connectivity index (χ0v) is 14.8. The molecule has 1 aliphatic heterocycles. The predicted octanol–water partition coefficient (Wildman–Crippen LogP) is 4.25. The Kier molecular flexibility index (Phi) is 5.31. The van der Waals surface area contributed by atoms with Crippen LogP contribution in [0.25, 0.3) is 6.08 Å². The number of carbonyl (C=O) groups is 2. The number of nitrogens with one attached hydrogen (secondary N) is 1. The molecule has 2 amide bonds. The van der Waals surface area contributed by atoms with Crippen molar-refractivity contribution in [3.8, 4) is 11.5 Å². The lowest BCUT2D eigenvalue weighted by Crippen LogP contribution is -2.17. The number of amides is 2. The summed E-state index contributed by atoms with van der Waals surface area (Å²) in [7, 11) is 1.56. The SMILES string of the molecule is COc1ccc(/C=C2/SC(=O)NC2=O)cc1OCc1ccc(Cl)cc1. The number of rotatable bonds is 5. The van der Waals surface area contributed by atoms with Gasteiger partial charge in [0.1, 0.15) is 6.61 Å². The first-order valence-electron chi connectivity index (χ1n) is 7.35. The molecule has 3 rings (SSSR count). The first-order chi connectivity index (χ1) is 12.0. The van der Waals surface area contributed by atoms with E-state index in [1.807, 2.05) is 12.1 Å². The highest BCUT2D eigenvalue weighted by molar-refractivity contribution is 8.18. The molecule has 1 saturated heterocycles. The molecule has 1 aliphatic rings. The van der Waals surface area contributed by atoms with Gasteiger partial charge in [-0.15, -0.1) is 0 Å². The Hall–Kier alpha value is -2.44. The molecule has 5 nitrogen and oxygen atoms in total. The van der Waals surface area contributed by atoms with E-state index in [4.69, 9.17) is 21.1 Å². The minimum absolute atomic E-state index is 0.346. The molecule has 0 aromatic heterocycles. The van der Waals surface area contributed by atoms with Gasteiger partial charge < -0.3 is 9.47 Å². The van der Waals surface area contributed by atoms with Crippen molar-refractivity contribution in [1.29, 1.82) is 0 Å². The third-order valence-electron chi connectivity index (χ3n) is 3.44. The Balaban J connectivity index is 1.80. The molecule has 1 fully saturated rings. The summed E-state index contributed by atoms with van der Waals surface area (Å²) < 4.78 is 11.1. The van der Waals surface area contributed by atoms with E-state index in [0.29, 0.717) is 28.0 Å². The molecule has 2 aromatic rings. The fraction of sp³-hybridized carbons (Fsp3) is 0.111. The van der Waals surface area contributed by atoms with Gasteiger partial charge in [-0.2, -0.15) is 0 Å². The highest BCUT2D eigenvalue weighted by atomic mass is 35.5. The highest BCUT2D eigenvalue weighted by Crippen LogP contribution is 2.32. The summed E-state index contributed by atoms with van der Waals surface area (Å²) in [6, 6.07) is 12.7. The van der Waals surface area contributed by atoms with Gasteiger partial charge in [-0.05, 0) is 53.2 Å². The van der Waals surface area contributed by atoms with E-state index < -0.39 is 5.91 Å². The molecule has 0 unspecified atom stereocenters. The summed E-state index contributed by atoms with van der Waals surface area (Å²) in [6.45, 7) is 0.348. The van der Waals surface area contributed by atoms with Gasteiger partial charge in [-0.25, -0.2) is 0 Å². The number of benzene rings is 2. The largest absolute Gasteiger partial charge is 0.493 e. The second-order valence-electron chi connectivity index (χ2n) is 5.18. The molecular formula is C18H14ClNO4S. The predicted molar refractivity (Wildman–Crippen MR) is 97.9 cm³/mol. The number of ether oxygens (including phenoxy) is 2. The molecule has 0 atom stereocenters. The second kappa shape index (κ2) is 7.63. The van der Waals surface area contributed by atoms with Crippen LogP contribution >= 0.6 is 23.4 Å². The van der Waals surface area contributed by atoms with Crippen molar-refractivity contribution >= 4 is 40.6 Å². The van der Waals surface area contributed by atoms with Crippen LogP contribution in [0, 0.1) is 0 Å². The van der Waals surface area contributed by atoms with Crippen molar-refractivity contribution in [2.75, 3.05) is 7.11 Å². The molecule has 0 spiro atoms. The third kappa shape index (κ3) is 4.35. The van der Waals surface area contributed by atoms with Crippen molar-refractivity contribution < 1.29 is 19.1 Å². The lowest BCUT2D eigenvalue weighted by atomic mass is 10.2. The maximum Gasteiger partial charge on any atom is 0.290 e. The quantitative estimate of drug-likeness (QED) is 0.791. The Morgan fingerprint density at radius 3 is 2.52 bits per heavy atom. The summed E-state index contributed by atoms with van der Waals surface area (Å²) >= 11 is 6.75. The zero-order valence-electron chi connectivity index (χ0n) is 13.2.